The van der Waals surface area contributed by atoms with Crippen molar-refractivity contribution in [3.63, 3.8) is 0 Å². The van der Waals surface area contributed by atoms with Crippen LogP contribution < -0.4 is 5.32 Å². The monoisotopic (exact) mass is 234 g/mol. The lowest BCUT2D eigenvalue weighted by Crippen LogP contribution is -2.19. The molecule has 4 heteroatoms. The predicted molar refractivity (Wildman–Crippen MR) is 66.9 cm³/mol. The van der Waals surface area contributed by atoms with Crippen LogP contribution in [0.25, 0.3) is 10.1 Å². The number of nitrogens with one attached hydrogen (secondary N) is 1. The van der Waals surface area contributed by atoms with Gasteiger partial charge in [0.15, 0.2) is 0 Å². The van der Waals surface area contributed by atoms with E-state index in [0.29, 0.717) is 0 Å². The molecule has 2 heterocycles. The molecule has 1 saturated carbocycles. The average Bonchev–Trinajstić information content (AvgIpc) is 2.94. The number of aliphatic hydroxyl groups is 1. The predicted octanol–water partition coefficient (Wildman–Crippen LogP) is 2.48. The van der Waals surface area contributed by atoms with Crippen LogP contribution >= 0.6 is 11.3 Å². The van der Waals surface area contributed by atoms with Crippen LogP contribution in [0.15, 0.2) is 23.7 Å². The highest BCUT2D eigenvalue weighted by Gasteiger charge is 2.41. The van der Waals surface area contributed by atoms with Crippen molar-refractivity contribution in [2.75, 3.05) is 18.5 Å². The van der Waals surface area contributed by atoms with E-state index in [1.807, 2.05) is 12.3 Å². The van der Waals surface area contributed by atoms with Gasteiger partial charge in [0.1, 0.15) is 5.82 Å². The minimum atomic E-state index is 0.125. The van der Waals surface area contributed by atoms with Crippen LogP contribution in [-0.2, 0) is 0 Å². The summed E-state index contributed by atoms with van der Waals surface area (Å²) in [6, 6.07) is 4.12. The van der Waals surface area contributed by atoms with E-state index in [4.69, 9.17) is 0 Å². The van der Waals surface area contributed by atoms with Gasteiger partial charge >= 0.3 is 0 Å². The summed E-state index contributed by atoms with van der Waals surface area (Å²) in [5.41, 5.74) is 0.125. The lowest BCUT2D eigenvalue weighted by atomic mass is 10.1. The normalized spacial score (nSPS) is 17.6. The molecule has 0 aliphatic heterocycles. The Hall–Kier alpha value is -1.13. The van der Waals surface area contributed by atoms with E-state index in [2.05, 4.69) is 21.7 Å². The summed E-state index contributed by atoms with van der Waals surface area (Å²) in [6.07, 6.45) is 4.08. The van der Waals surface area contributed by atoms with Crippen molar-refractivity contribution in [1.29, 1.82) is 0 Å². The molecule has 0 amide bonds. The third-order valence-corrected chi connectivity index (χ3v) is 4.19. The molecule has 0 radical (unpaired) electrons. The molecule has 0 atom stereocenters. The third-order valence-electron chi connectivity index (χ3n) is 3.30. The van der Waals surface area contributed by atoms with Crippen molar-refractivity contribution < 1.29 is 5.11 Å². The second kappa shape index (κ2) is 3.71. The number of fused-ring (bicyclic) bond motifs is 1. The van der Waals surface area contributed by atoms with E-state index in [-0.39, 0.29) is 12.0 Å². The first-order valence-corrected chi connectivity index (χ1v) is 6.38. The van der Waals surface area contributed by atoms with Gasteiger partial charge in [-0.1, -0.05) is 0 Å². The zero-order valence-corrected chi connectivity index (χ0v) is 9.76. The maximum absolute atomic E-state index is 9.25. The topological polar surface area (TPSA) is 45.1 Å². The Morgan fingerprint density at radius 2 is 2.31 bits per heavy atom. The van der Waals surface area contributed by atoms with Gasteiger partial charge in [-0.25, -0.2) is 4.98 Å². The molecule has 2 aromatic heterocycles. The second-order valence-electron chi connectivity index (χ2n) is 4.50. The van der Waals surface area contributed by atoms with E-state index in [1.54, 1.807) is 11.3 Å². The number of hydrogen-bond donors (Lipinski definition) is 2. The molecule has 1 fully saturated rings. The molecule has 2 N–H and O–H groups in total. The Balaban J connectivity index is 1.81. The van der Waals surface area contributed by atoms with E-state index < -0.39 is 0 Å². The Morgan fingerprint density at radius 3 is 3.06 bits per heavy atom. The summed E-state index contributed by atoms with van der Waals surface area (Å²) in [6.45, 7) is 1.10. The molecule has 3 rings (SSSR count). The SMILES string of the molecule is OCC1(CNc2nccc3sccc23)CC1. The van der Waals surface area contributed by atoms with Crippen LogP contribution in [0.1, 0.15) is 12.8 Å². The van der Waals surface area contributed by atoms with Gasteiger partial charge in [-0.3, -0.25) is 0 Å². The summed E-state index contributed by atoms with van der Waals surface area (Å²) in [5.74, 6) is 0.943. The number of thiophene rings is 1. The molecule has 1 aliphatic rings. The van der Waals surface area contributed by atoms with Gasteiger partial charge in [-0.15, -0.1) is 11.3 Å². The quantitative estimate of drug-likeness (QED) is 0.854. The summed E-state index contributed by atoms with van der Waals surface area (Å²) in [5, 5.41) is 15.9. The van der Waals surface area contributed by atoms with Gasteiger partial charge in [-0.05, 0) is 30.4 Å². The highest BCUT2D eigenvalue weighted by Crippen LogP contribution is 2.45. The van der Waals surface area contributed by atoms with Crippen LogP contribution in [0, 0.1) is 5.41 Å². The van der Waals surface area contributed by atoms with Crippen LogP contribution in [0.2, 0.25) is 0 Å². The molecule has 0 aromatic carbocycles. The minimum Gasteiger partial charge on any atom is -0.396 e. The maximum Gasteiger partial charge on any atom is 0.134 e. The maximum atomic E-state index is 9.25. The first kappa shape index (κ1) is 10.1. The van der Waals surface area contributed by atoms with Crippen molar-refractivity contribution in [2.45, 2.75) is 12.8 Å². The molecule has 0 bridgehead atoms. The molecule has 1 aliphatic carbocycles. The average molecular weight is 234 g/mol. The number of hydrogen-bond acceptors (Lipinski definition) is 4. The summed E-state index contributed by atoms with van der Waals surface area (Å²) < 4.78 is 1.26. The van der Waals surface area contributed by atoms with E-state index >= 15 is 0 Å². The van der Waals surface area contributed by atoms with Gasteiger partial charge in [0.2, 0.25) is 0 Å². The Kier molecular flexibility index (Phi) is 2.33. The molecular weight excluding hydrogens is 220 g/mol. The lowest BCUT2D eigenvalue weighted by Gasteiger charge is -2.13. The van der Waals surface area contributed by atoms with Crippen molar-refractivity contribution in [3.8, 4) is 0 Å². The molecule has 3 nitrogen and oxygen atoms in total. The highest BCUT2D eigenvalue weighted by atomic mass is 32.1. The molecular formula is C12H14N2OS. The van der Waals surface area contributed by atoms with Gasteiger partial charge in [0, 0.05) is 28.2 Å². The molecule has 0 unspecified atom stereocenters. The van der Waals surface area contributed by atoms with Crippen molar-refractivity contribution in [3.05, 3.63) is 23.7 Å². The Labute approximate surface area is 98.1 Å². The number of pyridine rings is 1. The zero-order valence-electron chi connectivity index (χ0n) is 8.94. The molecule has 84 valence electrons. The number of aliphatic hydroxyl groups excluding tert-OH is 1. The van der Waals surface area contributed by atoms with Gasteiger partial charge in [0.05, 0.1) is 6.61 Å². The minimum absolute atomic E-state index is 0.125. The smallest absolute Gasteiger partial charge is 0.134 e. The lowest BCUT2D eigenvalue weighted by molar-refractivity contribution is 0.219. The summed E-state index contributed by atoms with van der Waals surface area (Å²) in [4.78, 5) is 4.36. The number of nitrogens with zero attached hydrogens (tertiary/aromatic N) is 1. The molecule has 16 heavy (non-hydrogen) atoms. The van der Waals surface area contributed by atoms with Crippen molar-refractivity contribution in [1.82, 2.24) is 4.98 Å². The highest BCUT2D eigenvalue weighted by molar-refractivity contribution is 7.17. The third kappa shape index (κ3) is 1.68. The first-order chi connectivity index (χ1) is 7.83. The van der Waals surface area contributed by atoms with Crippen LogP contribution in [0.5, 0.6) is 0 Å². The molecule has 0 saturated heterocycles. The molecule has 0 spiro atoms. The van der Waals surface area contributed by atoms with Crippen LogP contribution in [0.3, 0.4) is 0 Å². The van der Waals surface area contributed by atoms with E-state index in [9.17, 15) is 5.11 Å². The summed E-state index contributed by atoms with van der Waals surface area (Å²) in [7, 11) is 0. The fourth-order valence-corrected chi connectivity index (χ4v) is 2.66. The fraction of sp³-hybridized carbons (Fsp3) is 0.417. The van der Waals surface area contributed by atoms with Gasteiger partial charge in [0.25, 0.3) is 0 Å². The van der Waals surface area contributed by atoms with E-state index in [0.717, 1.165) is 25.2 Å². The van der Waals surface area contributed by atoms with Crippen molar-refractivity contribution >= 4 is 27.2 Å². The number of rotatable bonds is 4. The van der Waals surface area contributed by atoms with Gasteiger partial charge < -0.3 is 10.4 Å². The Morgan fingerprint density at radius 1 is 1.44 bits per heavy atom. The second-order valence-corrected chi connectivity index (χ2v) is 5.45. The van der Waals surface area contributed by atoms with Crippen molar-refractivity contribution in [2.24, 2.45) is 5.41 Å². The van der Waals surface area contributed by atoms with E-state index in [1.165, 1.54) is 10.1 Å². The molecule has 2 aromatic rings. The van der Waals surface area contributed by atoms with Crippen LogP contribution in [0.4, 0.5) is 5.82 Å². The number of aromatic nitrogens is 1. The zero-order chi connectivity index (χ0) is 11.0. The Bertz CT molecular complexity index is 504. The first-order valence-electron chi connectivity index (χ1n) is 5.50. The fourth-order valence-electron chi connectivity index (χ4n) is 1.87. The summed E-state index contributed by atoms with van der Waals surface area (Å²) >= 11 is 1.73. The van der Waals surface area contributed by atoms with Crippen LogP contribution in [-0.4, -0.2) is 23.2 Å². The number of anilines is 1. The van der Waals surface area contributed by atoms with Gasteiger partial charge in [-0.2, -0.15) is 0 Å². The largest absolute Gasteiger partial charge is 0.396 e. The standard InChI is InChI=1S/C12H14N2OS/c15-8-12(3-4-12)7-14-11-9-2-6-16-10(9)1-5-13-11/h1-2,5-6,15H,3-4,7-8H2,(H,13,14).